The molecule has 0 saturated heterocycles. The van der Waals surface area contributed by atoms with Gasteiger partial charge in [-0.2, -0.15) is 14.4 Å². The number of hydrogen-bond donors (Lipinski definition) is 6. The minimum Gasteiger partial charge on any atom is -0.386 e. The molecule has 0 aliphatic carbocycles. The number of aryl methyl sites for hydroxylation is 4. The molecule has 0 spiro atoms. The van der Waals surface area contributed by atoms with Crippen LogP contribution in [-0.2, 0) is 83.8 Å². The number of amides is 3. The van der Waals surface area contributed by atoms with E-state index in [1.807, 2.05) is 81.4 Å². The van der Waals surface area contributed by atoms with Crippen LogP contribution in [0.5, 0.6) is 0 Å². The molecule has 3 aromatic carbocycles. The molecular formula is C60H71N23O14S. The van der Waals surface area contributed by atoms with Crippen LogP contribution in [0.1, 0.15) is 106 Å². The zero-order valence-corrected chi connectivity index (χ0v) is 55.4. The third-order valence-corrected chi connectivity index (χ3v) is 15.9. The van der Waals surface area contributed by atoms with E-state index in [-0.39, 0.29) is 92.3 Å². The molecule has 0 unspecified atom stereocenters. The molecule has 10 rings (SSSR count). The largest absolute Gasteiger partial charge is 0.386 e. The number of benzene rings is 3. The summed E-state index contributed by atoms with van der Waals surface area (Å²) >= 11 is 0. The normalized spacial score (nSPS) is 12.2. The molecule has 7 aromatic heterocycles. The lowest BCUT2D eigenvalue weighted by atomic mass is 10.1. The maximum Gasteiger partial charge on any atom is 0.331 e. The van der Waals surface area contributed by atoms with Crippen LogP contribution in [0.25, 0.3) is 0 Å². The van der Waals surface area contributed by atoms with Gasteiger partial charge >= 0.3 is 17.1 Å². The lowest BCUT2D eigenvalue weighted by Crippen LogP contribution is -2.43. The Hall–Kier alpha value is -11.6. The van der Waals surface area contributed by atoms with Crippen LogP contribution in [0.4, 0.5) is 0 Å². The standard InChI is InChI=1S/C22H25N9O4.C20H25N7O6S.C18H21N7O4/c1-14-4-6-15(7-5-14)17(32)12-31-26-18(25-27-31)13-30-11-16(21(34)29(3)22(30)35)20(33)24-10-19-23-8-9-28(19)2;1-13-4-6-14(7-5-13)16(28)11-27-23-17(22-24-27)12-26-10-15(19(30)25(2)20(26)31)18(29)21-8-9-34(3,32)33;1-11-4-6-12(7-5-11)14(26)9-25-21-15(20-22-25)10-24-8-13(16(27)19-2)17(28)23(3)18(24)29/h4-9,11,17,32H,10,12-13H2,1-3H3,(H,24,33);4-7,10,16,28H,8-9,11-12H2,1-3H3,(H,21,29);4-8,14,26H,9-10H2,1-3H3,(H,19,27)/t17-;16-;14-/m000/s1. The quantitative estimate of drug-likeness (QED) is 0.0365. The average molecular weight is 1370 g/mol. The van der Waals surface area contributed by atoms with Gasteiger partial charge in [-0.3, -0.25) is 56.2 Å². The summed E-state index contributed by atoms with van der Waals surface area (Å²) in [5.41, 5.74) is 0.450. The Labute approximate surface area is 555 Å². The van der Waals surface area contributed by atoms with Crippen LogP contribution in [0.3, 0.4) is 0 Å². The van der Waals surface area contributed by atoms with Crippen molar-refractivity contribution in [3.63, 3.8) is 0 Å². The number of aliphatic hydroxyl groups excluding tert-OH is 3. The van der Waals surface area contributed by atoms with E-state index in [4.69, 9.17) is 0 Å². The predicted molar refractivity (Wildman–Crippen MR) is 347 cm³/mol. The van der Waals surface area contributed by atoms with E-state index in [9.17, 15) is 66.9 Å². The number of rotatable bonds is 23. The van der Waals surface area contributed by atoms with Crippen LogP contribution < -0.4 is 49.7 Å². The summed E-state index contributed by atoms with van der Waals surface area (Å²) in [5.74, 6) is -1.23. The summed E-state index contributed by atoms with van der Waals surface area (Å²) in [6, 6.07) is 22.2. The van der Waals surface area contributed by atoms with Gasteiger partial charge in [-0.25, -0.2) is 27.8 Å². The lowest BCUT2D eigenvalue weighted by molar-refractivity contribution is 0.0940. The molecule has 10 aromatic rings. The van der Waals surface area contributed by atoms with E-state index in [2.05, 4.69) is 67.2 Å². The van der Waals surface area contributed by atoms with E-state index < -0.39 is 79.6 Å². The summed E-state index contributed by atoms with van der Waals surface area (Å²) in [6.45, 7) is 5.59. The molecule has 38 heteroatoms. The van der Waals surface area contributed by atoms with E-state index in [0.717, 1.165) is 62.1 Å². The molecule has 0 aliphatic rings. The van der Waals surface area contributed by atoms with Crippen molar-refractivity contribution in [2.45, 2.75) is 84.9 Å². The van der Waals surface area contributed by atoms with Crippen molar-refractivity contribution >= 4 is 27.6 Å². The van der Waals surface area contributed by atoms with Gasteiger partial charge in [0.25, 0.3) is 34.4 Å². The Kier molecular flexibility index (Phi) is 23.4. The number of carbonyl (C=O) groups excluding carboxylic acids is 3. The number of tetrazole rings is 3. The molecule has 0 bridgehead atoms. The van der Waals surface area contributed by atoms with Crippen molar-refractivity contribution in [2.24, 2.45) is 28.2 Å². The summed E-state index contributed by atoms with van der Waals surface area (Å²) in [5, 5.41) is 74.4. The summed E-state index contributed by atoms with van der Waals surface area (Å²) in [4.78, 5) is 119. The molecule has 7 heterocycles. The second kappa shape index (κ2) is 31.7. The lowest BCUT2D eigenvalue weighted by Gasteiger charge is -2.10. The average Bonchev–Trinajstić information content (AvgIpc) is 1.02. The molecule has 37 nitrogen and oxygen atoms in total. The van der Waals surface area contributed by atoms with Crippen molar-refractivity contribution in [2.75, 3.05) is 25.6 Å². The van der Waals surface area contributed by atoms with Crippen LogP contribution in [0.2, 0.25) is 0 Å². The van der Waals surface area contributed by atoms with Crippen LogP contribution in [-0.4, -0.2) is 165 Å². The van der Waals surface area contributed by atoms with Gasteiger partial charge < -0.3 is 35.8 Å². The summed E-state index contributed by atoms with van der Waals surface area (Å²) < 4.78 is 30.1. The molecule has 0 fully saturated rings. The van der Waals surface area contributed by atoms with Crippen LogP contribution in [0, 0.1) is 20.8 Å². The Balaban J connectivity index is 0.000000188. The number of hydrogen-bond acceptors (Lipinski definition) is 24. The smallest absolute Gasteiger partial charge is 0.331 e. The van der Waals surface area contributed by atoms with Crippen molar-refractivity contribution in [3.8, 4) is 0 Å². The van der Waals surface area contributed by atoms with Crippen LogP contribution in [0.15, 0.2) is 133 Å². The number of sulfone groups is 1. The van der Waals surface area contributed by atoms with Gasteiger partial charge in [0.2, 0.25) is 0 Å². The summed E-state index contributed by atoms with van der Waals surface area (Å²) in [7, 11) is 3.68. The second-order valence-electron chi connectivity index (χ2n) is 22.6. The third-order valence-electron chi connectivity index (χ3n) is 14.9. The Morgan fingerprint density at radius 3 is 1.13 bits per heavy atom. The number of aliphatic hydroxyl groups is 3. The van der Waals surface area contributed by atoms with Gasteiger partial charge in [0.15, 0.2) is 17.5 Å². The van der Waals surface area contributed by atoms with Gasteiger partial charge in [-0.1, -0.05) is 89.5 Å². The fourth-order valence-electron chi connectivity index (χ4n) is 9.24. The first-order chi connectivity index (χ1) is 46.5. The first-order valence-electron chi connectivity index (χ1n) is 29.8. The van der Waals surface area contributed by atoms with Gasteiger partial charge in [0.05, 0.1) is 51.6 Å². The zero-order valence-electron chi connectivity index (χ0n) is 54.6. The SMILES string of the molecule is CNC(=O)c1cn(Cc2nnn(C[C@H](O)c3ccc(C)cc3)n2)c(=O)n(C)c1=O.Cc1ccc([C@@H](O)Cn2nnc(Cn3cc(C(=O)NCCS(C)(=O)=O)c(=O)n(C)c3=O)n2)cc1.Cc1ccc([C@@H](O)Cn2nnc(Cn3cc(C(=O)NCc4nccn4C)c(=O)n(C)c3=O)n2)cc1. The topological polar surface area (TPSA) is 463 Å². The molecule has 6 N–H and O–H groups in total. The highest BCUT2D eigenvalue weighted by Gasteiger charge is 2.22. The van der Waals surface area contributed by atoms with Gasteiger partial charge in [0.1, 0.15) is 50.7 Å². The Morgan fingerprint density at radius 2 is 0.827 bits per heavy atom. The highest BCUT2D eigenvalue weighted by molar-refractivity contribution is 7.90. The van der Waals surface area contributed by atoms with Gasteiger partial charge in [-0.05, 0) is 53.1 Å². The highest BCUT2D eigenvalue weighted by Crippen LogP contribution is 2.18. The molecule has 516 valence electrons. The summed E-state index contributed by atoms with van der Waals surface area (Å²) in [6.07, 6.45) is 5.25. The number of aromatic nitrogens is 20. The van der Waals surface area contributed by atoms with E-state index in [0.29, 0.717) is 17.0 Å². The highest BCUT2D eigenvalue weighted by atomic mass is 32.2. The molecule has 0 aliphatic heterocycles. The first-order valence-corrected chi connectivity index (χ1v) is 31.9. The maximum atomic E-state index is 12.7. The fourth-order valence-corrected chi connectivity index (χ4v) is 9.72. The molecular weight excluding hydrogens is 1300 g/mol. The van der Waals surface area contributed by atoms with E-state index in [1.165, 1.54) is 55.0 Å². The fraction of sp³-hybridized carbons (Fsp3) is 0.350. The molecule has 3 atom stereocenters. The first kappa shape index (κ1) is 72.2. The third kappa shape index (κ3) is 18.6. The van der Waals surface area contributed by atoms with E-state index in [1.54, 1.807) is 36.1 Å². The van der Waals surface area contributed by atoms with Crippen molar-refractivity contribution < 1.29 is 38.1 Å². The number of imidazole rings is 1. The van der Waals surface area contributed by atoms with Crippen LogP contribution >= 0.6 is 0 Å². The van der Waals surface area contributed by atoms with Crippen molar-refractivity contribution in [1.29, 1.82) is 0 Å². The van der Waals surface area contributed by atoms with Crippen molar-refractivity contribution in [3.05, 3.63) is 240 Å². The number of carbonyl (C=O) groups is 3. The molecule has 0 saturated carbocycles. The maximum absolute atomic E-state index is 12.7. The van der Waals surface area contributed by atoms with E-state index >= 15 is 0 Å². The Morgan fingerprint density at radius 1 is 0.500 bits per heavy atom. The molecule has 98 heavy (non-hydrogen) atoms. The molecule has 0 radical (unpaired) electrons. The zero-order chi connectivity index (χ0) is 71.3. The van der Waals surface area contributed by atoms with Gasteiger partial charge in [-0.15, -0.1) is 30.6 Å². The molecule has 3 amide bonds. The minimum atomic E-state index is -3.30. The Bertz CT molecular complexity index is 5000. The number of nitrogens with zero attached hydrogens (tertiary/aromatic N) is 20. The predicted octanol–water partition coefficient (Wildman–Crippen LogP) is -3.33. The second-order valence-corrected chi connectivity index (χ2v) is 24.9. The number of nitrogens with one attached hydrogen (secondary N) is 3. The monoisotopic (exact) mass is 1370 g/mol. The van der Waals surface area contributed by atoms with Crippen molar-refractivity contribution in [1.82, 2.24) is 114 Å². The van der Waals surface area contributed by atoms with Gasteiger partial charge in [0, 0.05) is 79.0 Å². The minimum absolute atomic E-state index is 0.0340.